The number of nitrogens with zero attached hydrogens (tertiary/aromatic N) is 6. The van der Waals surface area contributed by atoms with E-state index in [1.165, 1.54) is 0 Å². The Morgan fingerprint density at radius 3 is 2.33 bits per heavy atom. The van der Waals surface area contributed by atoms with Crippen LogP contribution in [0.3, 0.4) is 0 Å². The van der Waals surface area contributed by atoms with Crippen LogP contribution in [0, 0.1) is 5.92 Å². The summed E-state index contributed by atoms with van der Waals surface area (Å²) in [5, 5.41) is 13.3. The van der Waals surface area contributed by atoms with Crippen LogP contribution in [0.1, 0.15) is 32.2 Å². The number of benzene rings is 1. The first-order valence-electron chi connectivity index (χ1n) is 11.0. The molecule has 0 saturated carbocycles. The zero-order valence-electron chi connectivity index (χ0n) is 19.1. The van der Waals surface area contributed by atoms with Crippen molar-refractivity contribution in [1.82, 2.24) is 25.0 Å². The molecule has 0 spiro atoms. The van der Waals surface area contributed by atoms with Gasteiger partial charge < -0.3 is 20.3 Å². The number of anilines is 2. The maximum atomic E-state index is 10.9. The molecule has 10 heteroatoms. The molecule has 10 nitrogen and oxygen atoms in total. The van der Waals surface area contributed by atoms with Gasteiger partial charge in [0.2, 0.25) is 5.95 Å². The fraction of sp³-hybridized carbons (Fsp3) is 0.435. The lowest BCUT2D eigenvalue weighted by Crippen LogP contribution is -2.48. The summed E-state index contributed by atoms with van der Waals surface area (Å²) in [4.78, 5) is 27.7. The molecule has 3 heterocycles. The molecule has 4 rings (SSSR count). The number of piperazine rings is 1. The predicted octanol–water partition coefficient (Wildman–Crippen LogP) is 2.28. The minimum atomic E-state index is -0.814. The number of aromatic nitrogens is 4. The first kappa shape index (κ1) is 22.7. The molecule has 2 aromatic heterocycles. The van der Waals surface area contributed by atoms with Crippen LogP contribution in [0.5, 0.6) is 0 Å². The van der Waals surface area contributed by atoms with Gasteiger partial charge >= 0.3 is 12.0 Å². The Kier molecular flexibility index (Phi) is 6.28. The van der Waals surface area contributed by atoms with Gasteiger partial charge in [0.25, 0.3) is 0 Å². The van der Waals surface area contributed by atoms with E-state index in [0.717, 1.165) is 16.7 Å². The number of rotatable bonds is 7. The number of nitrogens with two attached hydrogens (primary N) is 1. The van der Waals surface area contributed by atoms with Crippen molar-refractivity contribution in [3.8, 4) is 11.1 Å². The second kappa shape index (κ2) is 9.14. The van der Waals surface area contributed by atoms with Crippen molar-refractivity contribution >= 4 is 17.9 Å². The maximum absolute atomic E-state index is 10.9. The van der Waals surface area contributed by atoms with Gasteiger partial charge in [0.15, 0.2) is 5.82 Å². The van der Waals surface area contributed by atoms with Gasteiger partial charge in [-0.25, -0.2) is 9.97 Å². The van der Waals surface area contributed by atoms with Gasteiger partial charge in [0, 0.05) is 44.1 Å². The summed E-state index contributed by atoms with van der Waals surface area (Å²) in [7, 11) is 0. The number of hydrogen-bond acceptors (Lipinski definition) is 9. The van der Waals surface area contributed by atoms with Gasteiger partial charge in [-0.2, -0.15) is 4.98 Å². The molecule has 3 aromatic rings. The SMILES string of the molecule is CC(C)C(C)(c1ccc(-c2cnc(N)nc2)cc1)c1noc(N2CCN(CC(=O)O)CC2)n1. The van der Waals surface area contributed by atoms with Crippen LogP contribution in [-0.4, -0.2) is 68.8 Å². The summed E-state index contributed by atoms with van der Waals surface area (Å²) in [5.41, 5.74) is 8.11. The Morgan fingerprint density at radius 2 is 1.76 bits per heavy atom. The van der Waals surface area contributed by atoms with Crippen LogP contribution < -0.4 is 10.6 Å². The molecular weight excluding hydrogens is 422 g/mol. The minimum absolute atomic E-state index is 0.0484. The number of carboxylic acid groups (broad SMARTS) is 1. The second-order valence-corrected chi connectivity index (χ2v) is 8.82. The summed E-state index contributed by atoms with van der Waals surface area (Å²) < 4.78 is 5.64. The van der Waals surface area contributed by atoms with Crippen molar-refractivity contribution in [3.63, 3.8) is 0 Å². The highest BCUT2D eigenvalue weighted by molar-refractivity contribution is 5.69. The fourth-order valence-electron chi connectivity index (χ4n) is 4.06. The van der Waals surface area contributed by atoms with Crippen molar-refractivity contribution in [2.45, 2.75) is 26.2 Å². The van der Waals surface area contributed by atoms with Crippen LogP contribution in [0.2, 0.25) is 0 Å². The van der Waals surface area contributed by atoms with Gasteiger partial charge in [0.1, 0.15) is 0 Å². The fourth-order valence-corrected chi connectivity index (χ4v) is 4.06. The van der Waals surface area contributed by atoms with Gasteiger partial charge in [-0.1, -0.05) is 43.3 Å². The van der Waals surface area contributed by atoms with Crippen LogP contribution >= 0.6 is 0 Å². The largest absolute Gasteiger partial charge is 0.480 e. The number of nitrogen functional groups attached to an aromatic ring is 1. The molecule has 1 aliphatic rings. The number of hydrogen-bond donors (Lipinski definition) is 2. The lowest BCUT2D eigenvalue weighted by molar-refractivity contribution is -0.138. The van der Waals surface area contributed by atoms with E-state index in [9.17, 15) is 4.79 Å². The number of carbonyl (C=O) groups is 1. The van der Waals surface area contributed by atoms with E-state index in [4.69, 9.17) is 20.3 Å². The van der Waals surface area contributed by atoms with Gasteiger partial charge in [-0.15, -0.1) is 0 Å². The van der Waals surface area contributed by atoms with Gasteiger partial charge in [-0.3, -0.25) is 9.69 Å². The average Bonchev–Trinajstić information content (AvgIpc) is 3.30. The molecule has 1 saturated heterocycles. The summed E-state index contributed by atoms with van der Waals surface area (Å²) in [6.07, 6.45) is 3.42. The average molecular weight is 452 g/mol. The topological polar surface area (TPSA) is 134 Å². The molecule has 1 aromatic carbocycles. The number of aliphatic carboxylic acids is 1. The summed E-state index contributed by atoms with van der Waals surface area (Å²) in [5.74, 6) is 0.273. The van der Waals surface area contributed by atoms with Crippen molar-refractivity contribution in [2.75, 3.05) is 43.4 Å². The third kappa shape index (κ3) is 4.65. The normalized spacial score (nSPS) is 16.7. The van der Waals surface area contributed by atoms with E-state index in [1.54, 1.807) is 12.4 Å². The quantitative estimate of drug-likeness (QED) is 0.551. The molecule has 1 unspecified atom stereocenters. The Labute approximate surface area is 192 Å². The van der Waals surface area contributed by atoms with Crippen LogP contribution in [0.25, 0.3) is 11.1 Å². The molecule has 1 atom stereocenters. The molecule has 33 heavy (non-hydrogen) atoms. The van der Waals surface area contributed by atoms with E-state index in [0.29, 0.717) is 38.0 Å². The zero-order chi connectivity index (χ0) is 23.6. The molecule has 3 N–H and O–H groups in total. The van der Waals surface area contributed by atoms with Crippen molar-refractivity contribution in [1.29, 1.82) is 0 Å². The first-order chi connectivity index (χ1) is 15.8. The van der Waals surface area contributed by atoms with Crippen LogP contribution in [0.4, 0.5) is 12.0 Å². The maximum Gasteiger partial charge on any atom is 0.324 e. The molecular formula is C23H29N7O3. The molecule has 0 bridgehead atoms. The highest BCUT2D eigenvalue weighted by atomic mass is 16.5. The Balaban J connectivity index is 1.54. The molecule has 174 valence electrons. The Morgan fingerprint density at radius 1 is 1.12 bits per heavy atom. The van der Waals surface area contributed by atoms with E-state index < -0.39 is 11.4 Å². The minimum Gasteiger partial charge on any atom is -0.480 e. The summed E-state index contributed by atoms with van der Waals surface area (Å²) in [6, 6.07) is 8.70. The molecule has 1 fully saturated rings. The van der Waals surface area contributed by atoms with E-state index in [1.807, 2.05) is 21.9 Å². The Bertz CT molecular complexity index is 1090. The zero-order valence-corrected chi connectivity index (χ0v) is 19.1. The summed E-state index contributed by atoms with van der Waals surface area (Å²) in [6.45, 7) is 9.02. The predicted molar refractivity (Wildman–Crippen MR) is 124 cm³/mol. The molecule has 0 amide bonds. The van der Waals surface area contributed by atoms with Crippen molar-refractivity contribution in [2.24, 2.45) is 5.92 Å². The first-order valence-corrected chi connectivity index (χ1v) is 11.0. The monoisotopic (exact) mass is 451 g/mol. The second-order valence-electron chi connectivity index (χ2n) is 8.82. The summed E-state index contributed by atoms with van der Waals surface area (Å²) >= 11 is 0. The van der Waals surface area contributed by atoms with Gasteiger partial charge in [-0.05, 0) is 24.0 Å². The van der Waals surface area contributed by atoms with Crippen LogP contribution in [-0.2, 0) is 10.2 Å². The molecule has 0 aliphatic carbocycles. The van der Waals surface area contributed by atoms with E-state index >= 15 is 0 Å². The van der Waals surface area contributed by atoms with Gasteiger partial charge in [0.05, 0.1) is 12.0 Å². The lowest BCUT2D eigenvalue weighted by Gasteiger charge is -2.33. The third-order valence-electron chi connectivity index (χ3n) is 6.53. The van der Waals surface area contributed by atoms with Crippen molar-refractivity contribution in [3.05, 3.63) is 48.0 Å². The Hall–Kier alpha value is -3.53. The smallest absolute Gasteiger partial charge is 0.324 e. The van der Waals surface area contributed by atoms with E-state index in [-0.39, 0.29) is 18.4 Å². The lowest BCUT2D eigenvalue weighted by atomic mass is 9.72. The van der Waals surface area contributed by atoms with Crippen molar-refractivity contribution < 1.29 is 14.4 Å². The standard InChI is InChI=1S/C23H29N7O3/c1-15(2)23(3,18-6-4-16(5-7-18)17-12-25-21(24)26-13-17)20-27-22(33-28-20)30-10-8-29(9-11-30)14-19(31)32/h4-7,12-13,15H,8-11,14H2,1-3H3,(H,31,32)(H2,24,25,26). The molecule has 0 radical (unpaired) electrons. The molecule has 1 aliphatic heterocycles. The highest BCUT2D eigenvalue weighted by Gasteiger charge is 2.38. The number of carboxylic acids is 1. The highest BCUT2D eigenvalue weighted by Crippen LogP contribution is 2.38. The van der Waals surface area contributed by atoms with E-state index in [2.05, 4.69) is 48.0 Å². The third-order valence-corrected chi connectivity index (χ3v) is 6.53. The van der Waals surface area contributed by atoms with Crippen LogP contribution in [0.15, 0.2) is 41.2 Å².